The smallest absolute Gasteiger partial charge is 0.185 e. The number of ketones is 1. The van der Waals surface area contributed by atoms with E-state index in [0.29, 0.717) is 0 Å². The molecule has 0 aromatic rings. The molecule has 0 saturated carbocycles. The maximum atomic E-state index is 14.0. The number of carbonyl (C=O) groups is 1. The molecule has 0 radical (unpaired) electrons. The Morgan fingerprint density at radius 1 is 0.765 bits per heavy atom. The zero-order valence-electron chi connectivity index (χ0n) is 23.5. The van der Waals surface area contributed by atoms with Crippen LogP contribution in [0.15, 0.2) is 0 Å². The maximum absolute atomic E-state index is 14.0. The molecule has 1 rings (SSSR count). The lowest BCUT2D eigenvalue weighted by Crippen LogP contribution is -2.60. The Hall–Kier alpha value is 1.04. The van der Waals surface area contributed by atoms with Gasteiger partial charge in [0.15, 0.2) is 39.1 Å². The van der Waals surface area contributed by atoms with Crippen LogP contribution in [0.25, 0.3) is 0 Å². The van der Waals surface area contributed by atoms with Crippen LogP contribution < -0.4 is 0 Å². The van der Waals surface area contributed by atoms with Crippen molar-refractivity contribution in [3.8, 4) is 0 Å². The van der Waals surface area contributed by atoms with Crippen LogP contribution in [0.5, 0.6) is 0 Å². The monoisotopic (exact) mass is 586 g/mol. The third kappa shape index (κ3) is 13.5. The first-order chi connectivity index (χ1) is 15.2. The number of rotatable bonds is 14. The van der Waals surface area contributed by atoms with E-state index >= 15 is 0 Å². The Labute approximate surface area is 221 Å². The summed E-state index contributed by atoms with van der Waals surface area (Å²) in [6, 6.07) is 0. The number of Topliss-reactive ketones (excluding diaryl/α,β-unsaturated/α-hetero) is 1. The van der Waals surface area contributed by atoms with Gasteiger partial charge in [0.05, 0.1) is 6.61 Å². The molecule has 0 amide bonds. The lowest BCUT2D eigenvalue weighted by molar-refractivity contribution is -0.138. The van der Waals surface area contributed by atoms with E-state index in [1.807, 2.05) is 0 Å². The van der Waals surface area contributed by atoms with Gasteiger partial charge in [-0.2, -0.15) is 0 Å². The highest BCUT2D eigenvalue weighted by Gasteiger charge is 2.47. The van der Waals surface area contributed by atoms with E-state index in [9.17, 15) is 9.90 Å². The minimum absolute atomic E-state index is 0.0582. The summed E-state index contributed by atoms with van der Waals surface area (Å²) in [4.78, 5) is 14.0. The van der Waals surface area contributed by atoms with E-state index in [1.165, 1.54) is 0 Å². The highest BCUT2D eigenvalue weighted by Crippen LogP contribution is 2.35. The van der Waals surface area contributed by atoms with Crippen molar-refractivity contribution in [3.63, 3.8) is 0 Å². The Kier molecular flexibility index (Phi) is 12.8. The molecule has 34 heavy (non-hydrogen) atoms. The standard InChI is InChI=1S/C22H50O6S2Si4/c1-31(2,3)25-16-17(23)19(26-32(4,5)6)21(28-34(10,11)12)20(27-33(7,8)9)18(24)22-29-14-13-15-30-22/h17,19-23H,13-16H2,1-12H3/t17-,19-,20+,21+/m1/s1. The van der Waals surface area contributed by atoms with Crippen molar-refractivity contribution in [1.82, 2.24) is 0 Å². The molecule has 12 heteroatoms. The molecular weight excluding hydrogens is 537 g/mol. The number of carbonyl (C=O) groups excluding carboxylic acids is 1. The first-order valence-corrected chi connectivity index (χ1v) is 28.0. The summed E-state index contributed by atoms with van der Waals surface area (Å²) in [6.07, 6.45) is -1.95. The van der Waals surface area contributed by atoms with Gasteiger partial charge < -0.3 is 22.8 Å². The van der Waals surface area contributed by atoms with E-state index in [0.717, 1.165) is 17.9 Å². The fourth-order valence-corrected chi connectivity index (χ4v) is 10.0. The molecular formula is C22H50O6S2Si4. The summed E-state index contributed by atoms with van der Waals surface area (Å²) in [5, 5.41) is 11.4. The van der Waals surface area contributed by atoms with Crippen LogP contribution in [0.4, 0.5) is 0 Å². The van der Waals surface area contributed by atoms with Crippen LogP contribution in [0.2, 0.25) is 78.6 Å². The molecule has 1 N–H and O–H groups in total. The lowest BCUT2D eigenvalue weighted by atomic mass is 10.0. The van der Waals surface area contributed by atoms with Crippen molar-refractivity contribution in [3.05, 3.63) is 0 Å². The van der Waals surface area contributed by atoms with Crippen molar-refractivity contribution in [2.45, 2.75) is 114 Å². The van der Waals surface area contributed by atoms with Gasteiger partial charge in [0, 0.05) is 0 Å². The summed E-state index contributed by atoms with van der Waals surface area (Å²) in [5.74, 6) is 2.01. The van der Waals surface area contributed by atoms with Crippen molar-refractivity contribution >= 4 is 62.6 Å². The zero-order valence-corrected chi connectivity index (χ0v) is 29.2. The van der Waals surface area contributed by atoms with Crippen molar-refractivity contribution in [2.24, 2.45) is 0 Å². The van der Waals surface area contributed by atoms with Crippen LogP contribution in [-0.2, 0) is 22.5 Å². The van der Waals surface area contributed by atoms with E-state index in [2.05, 4.69) is 78.6 Å². The van der Waals surface area contributed by atoms with E-state index in [1.54, 1.807) is 23.5 Å². The molecule has 0 aliphatic carbocycles. The largest absolute Gasteiger partial charge is 0.415 e. The van der Waals surface area contributed by atoms with Crippen LogP contribution in [0.1, 0.15) is 6.42 Å². The second-order valence-corrected chi connectivity index (χ2v) is 33.5. The molecule has 1 aliphatic heterocycles. The van der Waals surface area contributed by atoms with Gasteiger partial charge in [0.25, 0.3) is 0 Å². The maximum Gasteiger partial charge on any atom is 0.185 e. The van der Waals surface area contributed by atoms with Crippen LogP contribution >= 0.6 is 23.5 Å². The quantitative estimate of drug-likeness (QED) is 0.263. The first-order valence-electron chi connectivity index (χ1n) is 12.3. The summed E-state index contributed by atoms with van der Waals surface area (Å²) >= 11 is 3.40. The SMILES string of the molecule is C[Si](C)(C)OC[C@@H](O)[C@@H](O[Si](C)(C)C)[C@H](O[Si](C)(C)C)[C@@H](O[Si](C)(C)C)C(=O)C1SCCCS1. The average Bonchev–Trinajstić information content (AvgIpc) is 2.64. The van der Waals surface area contributed by atoms with Crippen LogP contribution in [-0.4, -0.2) is 91.3 Å². The van der Waals surface area contributed by atoms with Gasteiger partial charge in [0.2, 0.25) is 0 Å². The molecule has 4 atom stereocenters. The highest BCUT2D eigenvalue weighted by atomic mass is 32.2. The van der Waals surface area contributed by atoms with Crippen molar-refractivity contribution < 1.29 is 27.6 Å². The fraction of sp³-hybridized carbons (Fsp3) is 0.955. The third-order valence-corrected chi connectivity index (χ3v) is 11.4. The zero-order chi connectivity index (χ0) is 26.5. The summed E-state index contributed by atoms with van der Waals surface area (Å²) in [6.45, 7) is 25.4. The molecule has 1 aliphatic rings. The van der Waals surface area contributed by atoms with Crippen LogP contribution in [0, 0.1) is 0 Å². The first kappa shape index (κ1) is 33.1. The summed E-state index contributed by atoms with van der Waals surface area (Å²) in [5.41, 5.74) is 0. The van der Waals surface area contributed by atoms with Gasteiger partial charge in [-0.25, -0.2) is 0 Å². The summed E-state index contributed by atoms with van der Waals surface area (Å²) < 4.78 is 25.8. The van der Waals surface area contributed by atoms with Gasteiger partial charge >= 0.3 is 0 Å². The minimum atomic E-state index is -2.14. The number of hydrogen-bond acceptors (Lipinski definition) is 8. The second kappa shape index (κ2) is 13.2. The van der Waals surface area contributed by atoms with E-state index < -0.39 is 57.7 Å². The molecule has 202 valence electrons. The van der Waals surface area contributed by atoms with Crippen LogP contribution in [0.3, 0.4) is 0 Å². The third-order valence-electron chi connectivity index (χ3n) is 4.49. The second-order valence-electron chi connectivity index (χ2n) is 12.9. The molecule has 0 aromatic carbocycles. The Morgan fingerprint density at radius 3 is 1.62 bits per heavy atom. The molecule has 0 unspecified atom stereocenters. The predicted molar refractivity (Wildman–Crippen MR) is 158 cm³/mol. The number of hydrogen-bond donors (Lipinski definition) is 1. The molecule has 1 fully saturated rings. The van der Waals surface area contributed by atoms with Gasteiger partial charge in [0.1, 0.15) is 29.0 Å². The number of aliphatic hydroxyl groups excluding tert-OH is 1. The average molecular weight is 587 g/mol. The molecule has 0 spiro atoms. The predicted octanol–water partition coefficient (Wildman–Crippen LogP) is 5.62. The van der Waals surface area contributed by atoms with Crippen molar-refractivity contribution in [2.75, 3.05) is 18.1 Å². The van der Waals surface area contributed by atoms with Gasteiger partial charge in [-0.1, -0.05) is 0 Å². The lowest BCUT2D eigenvalue weighted by Gasteiger charge is -2.43. The topological polar surface area (TPSA) is 74.2 Å². The Morgan fingerprint density at radius 2 is 1.21 bits per heavy atom. The molecule has 1 saturated heterocycles. The van der Waals surface area contributed by atoms with E-state index in [-0.39, 0.29) is 17.0 Å². The van der Waals surface area contributed by atoms with Gasteiger partial charge in [-0.15, -0.1) is 23.5 Å². The summed E-state index contributed by atoms with van der Waals surface area (Å²) in [7, 11) is -8.23. The van der Waals surface area contributed by atoms with Gasteiger partial charge in [-0.05, 0) is 96.5 Å². The fourth-order valence-electron chi connectivity index (χ4n) is 3.37. The van der Waals surface area contributed by atoms with Gasteiger partial charge in [-0.3, -0.25) is 4.79 Å². The molecule has 0 aromatic heterocycles. The normalized spacial score (nSPS) is 20.6. The highest BCUT2D eigenvalue weighted by molar-refractivity contribution is 8.18. The van der Waals surface area contributed by atoms with E-state index in [4.69, 9.17) is 17.7 Å². The number of aliphatic hydroxyl groups is 1. The molecule has 1 heterocycles. The molecule has 0 bridgehead atoms. The number of thioether (sulfide) groups is 2. The van der Waals surface area contributed by atoms with Crippen molar-refractivity contribution in [1.29, 1.82) is 0 Å². The Bertz CT molecular complexity index is 637. The molecule has 6 nitrogen and oxygen atoms in total. The Balaban J connectivity index is 3.48. The minimum Gasteiger partial charge on any atom is -0.415 e.